The van der Waals surface area contributed by atoms with E-state index >= 15 is 0 Å². The Balaban J connectivity index is 1.89. The van der Waals surface area contributed by atoms with E-state index in [1.54, 1.807) is 6.92 Å². The molecule has 1 saturated carbocycles. The molecule has 1 fully saturated rings. The van der Waals surface area contributed by atoms with Gasteiger partial charge < -0.3 is 10.6 Å². The molecule has 2 N–H and O–H groups in total. The normalized spacial score (nSPS) is 19.2. The Morgan fingerprint density at radius 1 is 1.27 bits per heavy atom. The summed E-state index contributed by atoms with van der Waals surface area (Å²) in [6, 6.07) is 0.198. The lowest BCUT2D eigenvalue weighted by molar-refractivity contribution is -0.138. The van der Waals surface area contributed by atoms with Crippen molar-refractivity contribution in [2.45, 2.75) is 50.9 Å². The zero-order valence-corrected chi connectivity index (χ0v) is 9.03. The first kappa shape index (κ1) is 12.8. The van der Waals surface area contributed by atoms with Crippen molar-refractivity contribution in [3.8, 4) is 0 Å². The molecule has 0 spiro atoms. The van der Waals surface area contributed by atoms with E-state index in [0.717, 1.165) is 13.0 Å². The SMILES string of the molecule is CC(CC(F)(F)F)NCCCNC1CC1. The van der Waals surface area contributed by atoms with Crippen molar-refractivity contribution < 1.29 is 13.2 Å². The fourth-order valence-corrected chi connectivity index (χ4v) is 1.45. The van der Waals surface area contributed by atoms with Crippen molar-refractivity contribution in [3.63, 3.8) is 0 Å². The molecule has 0 bridgehead atoms. The summed E-state index contributed by atoms with van der Waals surface area (Å²) in [5.41, 5.74) is 0. The van der Waals surface area contributed by atoms with Crippen LogP contribution in [0.25, 0.3) is 0 Å². The second-order valence-electron chi connectivity index (χ2n) is 4.26. The fourth-order valence-electron chi connectivity index (χ4n) is 1.45. The molecule has 0 heterocycles. The number of hydrogen-bond acceptors (Lipinski definition) is 2. The summed E-state index contributed by atoms with van der Waals surface area (Å²) in [6.07, 6.45) is -1.42. The van der Waals surface area contributed by atoms with Crippen molar-refractivity contribution in [3.05, 3.63) is 0 Å². The maximum absolute atomic E-state index is 11.9. The van der Waals surface area contributed by atoms with Gasteiger partial charge in [0.2, 0.25) is 0 Å². The van der Waals surface area contributed by atoms with Crippen LogP contribution in [0.5, 0.6) is 0 Å². The molecule has 0 aromatic carbocycles. The Morgan fingerprint density at radius 2 is 1.93 bits per heavy atom. The van der Waals surface area contributed by atoms with Gasteiger partial charge in [-0.15, -0.1) is 0 Å². The average molecular weight is 224 g/mol. The van der Waals surface area contributed by atoms with Gasteiger partial charge in [0.25, 0.3) is 0 Å². The van der Waals surface area contributed by atoms with E-state index in [0.29, 0.717) is 12.6 Å². The second-order valence-corrected chi connectivity index (χ2v) is 4.26. The summed E-state index contributed by atoms with van der Waals surface area (Å²) >= 11 is 0. The lowest BCUT2D eigenvalue weighted by atomic mass is 10.2. The molecule has 5 heteroatoms. The Bertz CT molecular complexity index is 178. The molecule has 0 aromatic rings. The van der Waals surface area contributed by atoms with Crippen LogP contribution in [0.3, 0.4) is 0 Å². The highest BCUT2D eigenvalue weighted by atomic mass is 19.4. The smallest absolute Gasteiger partial charge is 0.314 e. The van der Waals surface area contributed by atoms with E-state index in [1.807, 2.05) is 0 Å². The quantitative estimate of drug-likeness (QED) is 0.647. The van der Waals surface area contributed by atoms with Crippen molar-refractivity contribution in [2.75, 3.05) is 13.1 Å². The van der Waals surface area contributed by atoms with Gasteiger partial charge in [0, 0.05) is 12.1 Å². The van der Waals surface area contributed by atoms with Crippen LogP contribution in [-0.2, 0) is 0 Å². The lowest BCUT2D eigenvalue weighted by Gasteiger charge is -2.15. The summed E-state index contributed by atoms with van der Waals surface area (Å²) in [5, 5.41) is 6.19. The average Bonchev–Trinajstić information content (AvgIpc) is 2.83. The van der Waals surface area contributed by atoms with Gasteiger partial charge in [-0.2, -0.15) is 13.2 Å². The molecule has 0 saturated heterocycles. The molecular weight excluding hydrogens is 205 g/mol. The predicted octanol–water partition coefficient (Wildman–Crippen LogP) is 2.06. The molecule has 0 aliphatic heterocycles. The van der Waals surface area contributed by atoms with E-state index in [2.05, 4.69) is 10.6 Å². The highest BCUT2D eigenvalue weighted by molar-refractivity contribution is 4.80. The Kier molecular flexibility index (Phi) is 4.86. The van der Waals surface area contributed by atoms with Gasteiger partial charge in [-0.05, 0) is 39.3 Å². The van der Waals surface area contributed by atoms with Crippen molar-refractivity contribution in [2.24, 2.45) is 0 Å². The van der Waals surface area contributed by atoms with Crippen LogP contribution in [-0.4, -0.2) is 31.3 Å². The van der Waals surface area contributed by atoms with Gasteiger partial charge in [0.05, 0.1) is 6.42 Å². The zero-order valence-electron chi connectivity index (χ0n) is 9.03. The first-order chi connectivity index (χ1) is 6.97. The summed E-state index contributed by atoms with van der Waals surface area (Å²) < 4.78 is 35.8. The Morgan fingerprint density at radius 3 is 2.47 bits per heavy atom. The molecule has 1 aliphatic rings. The van der Waals surface area contributed by atoms with Crippen molar-refractivity contribution >= 4 is 0 Å². The maximum atomic E-state index is 11.9. The van der Waals surface area contributed by atoms with Gasteiger partial charge in [0.15, 0.2) is 0 Å². The third-order valence-electron chi connectivity index (χ3n) is 2.39. The van der Waals surface area contributed by atoms with Gasteiger partial charge in [-0.25, -0.2) is 0 Å². The number of alkyl halides is 3. The third-order valence-corrected chi connectivity index (χ3v) is 2.39. The number of rotatable bonds is 7. The minimum Gasteiger partial charge on any atom is -0.314 e. The molecule has 1 unspecified atom stereocenters. The van der Waals surface area contributed by atoms with Crippen LogP contribution in [0.4, 0.5) is 13.2 Å². The molecular formula is C10H19F3N2. The van der Waals surface area contributed by atoms with Crippen LogP contribution in [0, 0.1) is 0 Å². The number of nitrogens with one attached hydrogen (secondary N) is 2. The predicted molar refractivity (Wildman–Crippen MR) is 53.8 cm³/mol. The molecule has 0 amide bonds. The van der Waals surface area contributed by atoms with Crippen LogP contribution >= 0.6 is 0 Å². The van der Waals surface area contributed by atoms with E-state index in [1.165, 1.54) is 12.8 Å². The lowest BCUT2D eigenvalue weighted by Crippen LogP contribution is -2.33. The monoisotopic (exact) mass is 224 g/mol. The van der Waals surface area contributed by atoms with E-state index in [9.17, 15) is 13.2 Å². The summed E-state index contributed by atoms with van der Waals surface area (Å²) in [7, 11) is 0. The van der Waals surface area contributed by atoms with Crippen LogP contribution in [0.1, 0.15) is 32.6 Å². The summed E-state index contributed by atoms with van der Waals surface area (Å²) in [4.78, 5) is 0. The van der Waals surface area contributed by atoms with E-state index < -0.39 is 18.6 Å². The molecule has 90 valence electrons. The third kappa shape index (κ3) is 7.62. The molecule has 15 heavy (non-hydrogen) atoms. The maximum Gasteiger partial charge on any atom is 0.390 e. The minimum atomic E-state index is -4.06. The topological polar surface area (TPSA) is 24.1 Å². The molecule has 1 aliphatic carbocycles. The zero-order chi connectivity index (χ0) is 11.3. The first-order valence-corrected chi connectivity index (χ1v) is 5.51. The molecule has 1 atom stereocenters. The molecule has 2 nitrogen and oxygen atoms in total. The number of hydrogen-bond donors (Lipinski definition) is 2. The van der Waals surface area contributed by atoms with Crippen LogP contribution in [0.2, 0.25) is 0 Å². The van der Waals surface area contributed by atoms with Crippen molar-refractivity contribution in [1.82, 2.24) is 10.6 Å². The Hall–Kier alpha value is -0.290. The standard InChI is InChI=1S/C10H19F3N2/c1-8(7-10(11,12)13)14-5-2-6-15-9-3-4-9/h8-9,14-15H,2-7H2,1H3. The highest BCUT2D eigenvalue weighted by Crippen LogP contribution is 2.21. The fraction of sp³-hybridized carbons (Fsp3) is 1.00. The molecule has 0 aromatic heterocycles. The largest absolute Gasteiger partial charge is 0.390 e. The summed E-state index contributed by atoms with van der Waals surface area (Å²) in [6.45, 7) is 3.12. The minimum absolute atomic E-state index is 0.481. The number of halogens is 3. The summed E-state index contributed by atoms with van der Waals surface area (Å²) in [5.74, 6) is 0. The first-order valence-electron chi connectivity index (χ1n) is 5.51. The van der Waals surface area contributed by atoms with E-state index in [-0.39, 0.29) is 0 Å². The van der Waals surface area contributed by atoms with Crippen LogP contribution < -0.4 is 10.6 Å². The van der Waals surface area contributed by atoms with Crippen molar-refractivity contribution in [1.29, 1.82) is 0 Å². The van der Waals surface area contributed by atoms with Crippen LogP contribution in [0.15, 0.2) is 0 Å². The second kappa shape index (κ2) is 5.70. The highest BCUT2D eigenvalue weighted by Gasteiger charge is 2.29. The Labute approximate surface area is 88.6 Å². The van der Waals surface area contributed by atoms with Gasteiger partial charge in [-0.3, -0.25) is 0 Å². The van der Waals surface area contributed by atoms with Gasteiger partial charge in [0.1, 0.15) is 0 Å². The molecule has 0 radical (unpaired) electrons. The van der Waals surface area contributed by atoms with Gasteiger partial charge >= 0.3 is 6.18 Å². The molecule has 1 rings (SSSR count). The van der Waals surface area contributed by atoms with Gasteiger partial charge in [-0.1, -0.05) is 0 Å². The van der Waals surface area contributed by atoms with E-state index in [4.69, 9.17) is 0 Å².